The van der Waals surface area contributed by atoms with Crippen molar-refractivity contribution in [3.63, 3.8) is 0 Å². The molecule has 2 aromatic carbocycles. The van der Waals surface area contributed by atoms with Crippen LogP contribution >= 0.6 is 35.0 Å². The molecule has 2 nitrogen and oxygen atoms in total. The second kappa shape index (κ2) is 8.24. The van der Waals surface area contributed by atoms with Gasteiger partial charge in [-0.25, -0.2) is 4.39 Å². The Hall–Kier alpha value is -1.23. The SMILES string of the molecule is CC(C)(Cc1ccc(F)cc1)NC(=O)CSc1cc(Cl)ccc1Cl. The van der Waals surface area contributed by atoms with Crippen molar-refractivity contribution in [1.29, 1.82) is 0 Å². The molecule has 0 bridgehead atoms. The first-order valence-electron chi connectivity index (χ1n) is 7.38. The Labute approximate surface area is 155 Å². The lowest BCUT2D eigenvalue weighted by atomic mass is 9.95. The number of rotatable bonds is 6. The third kappa shape index (κ3) is 6.00. The minimum absolute atomic E-state index is 0.0943. The molecular formula is C18H18Cl2FNOS. The van der Waals surface area contributed by atoms with Gasteiger partial charge in [0, 0.05) is 15.5 Å². The first kappa shape index (κ1) is 19.1. The van der Waals surface area contributed by atoms with Crippen LogP contribution in [0.25, 0.3) is 0 Å². The van der Waals surface area contributed by atoms with Crippen LogP contribution in [0.5, 0.6) is 0 Å². The lowest BCUT2D eigenvalue weighted by molar-refractivity contribution is -0.120. The molecule has 0 heterocycles. The molecule has 0 aliphatic heterocycles. The summed E-state index contributed by atoms with van der Waals surface area (Å²) >= 11 is 13.4. The van der Waals surface area contributed by atoms with E-state index in [0.717, 1.165) is 10.5 Å². The molecule has 0 aliphatic rings. The van der Waals surface area contributed by atoms with Gasteiger partial charge in [0.25, 0.3) is 0 Å². The maximum atomic E-state index is 13.0. The van der Waals surface area contributed by atoms with E-state index in [0.29, 0.717) is 16.5 Å². The Morgan fingerprint density at radius 3 is 2.50 bits per heavy atom. The summed E-state index contributed by atoms with van der Waals surface area (Å²) < 4.78 is 13.0. The van der Waals surface area contributed by atoms with Gasteiger partial charge in [0.15, 0.2) is 0 Å². The summed E-state index contributed by atoms with van der Waals surface area (Å²) in [6.45, 7) is 3.87. The van der Waals surface area contributed by atoms with E-state index in [2.05, 4.69) is 5.32 Å². The molecule has 0 aliphatic carbocycles. The Morgan fingerprint density at radius 2 is 1.83 bits per heavy atom. The Balaban J connectivity index is 1.90. The maximum absolute atomic E-state index is 13.0. The van der Waals surface area contributed by atoms with Gasteiger partial charge >= 0.3 is 0 Å². The molecule has 0 fully saturated rings. The summed E-state index contributed by atoms with van der Waals surface area (Å²) in [5.74, 6) is -0.119. The summed E-state index contributed by atoms with van der Waals surface area (Å²) in [6, 6.07) is 11.5. The number of nitrogens with one attached hydrogen (secondary N) is 1. The van der Waals surface area contributed by atoms with Crippen LogP contribution in [-0.4, -0.2) is 17.2 Å². The number of thioether (sulfide) groups is 1. The molecule has 0 radical (unpaired) electrons. The van der Waals surface area contributed by atoms with E-state index in [-0.39, 0.29) is 17.5 Å². The lowest BCUT2D eigenvalue weighted by Crippen LogP contribution is -2.45. The van der Waals surface area contributed by atoms with Crippen molar-refractivity contribution in [3.05, 3.63) is 63.9 Å². The number of carbonyl (C=O) groups is 1. The normalized spacial score (nSPS) is 11.4. The standard InChI is InChI=1S/C18H18Cl2FNOS/c1-18(2,10-12-3-6-14(21)7-4-12)22-17(23)11-24-16-9-13(19)5-8-15(16)20/h3-9H,10-11H2,1-2H3,(H,22,23). The number of carbonyl (C=O) groups excluding carboxylic acids is 1. The van der Waals surface area contributed by atoms with Crippen molar-refractivity contribution >= 4 is 40.9 Å². The zero-order valence-electron chi connectivity index (χ0n) is 13.4. The van der Waals surface area contributed by atoms with Gasteiger partial charge in [-0.3, -0.25) is 4.79 Å². The van der Waals surface area contributed by atoms with Gasteiger partial charge in [-0.15, -0.1) is 11.8 Å². The summed E-state index contributed by atoms with van der Waals surface area (Å²) in [7, 11) is 0. The van der Waals surface area contributed by atoms with E-state index in [1.165, 1.54) is 23.9 Å². The first-order chi connectivity index (χ1) is 11.2. The Morgan fingerprint density at radius 1 is 1.17 bits per heavy atom. The molecule has 1 N–H and O–H groups in total. The minimum atomic E-state index is -0.437. The largest absolute Gasteiger partial charge is 0.350 e. The highest BCUT2D eigenvalue weighted by Crippen LogP contribution is 2.29. The summed E-state index contributed by atoms with van der Waals surface area (Å²) in [5.41, 5.74) is 0.528. The molecule has 2 rings (SSSR count). The van der Waals surface area contributed by atoms with Crippen molar-refractivity contribution in [1.82, 2.24) is 5.32 Å². The quantitative estimate of drug-likeness (QED) is 0.677. The van der Waals surface area contributed by atoms with Crippen molar-refractivity contribution in [2.75, 3.05) is 5.75 Å². The molecule has 0 unspecified atom stereocenters. The smallest absolute Gasteiger partial charge is 0.230 e. The first-order valence-corrected chi connectivity index (χ1v) is 9.13. The van der Waals surface area contributed by atoms with Gasteiger partial charge in [-0.1, -0.05) is 35.3 Å². The van der Waals surface area contributed by atoms with Crippen LogP contribution in [0.4, 0.5) is 4.39 Å². The van der Waals surface area contributed by atoms with Gasteiger partial charge in [-0.05, 0) is 56.2 Å². The van der Waals surface area contributed by atoms with Gasteiger partial charge < -0.3 is 5.32 Å². The third-order valence-corrected chi connectivity index (χ3v) is 5.02. The molecule has 6 heteroatoms. The fraction of sp³-hybridized carbons (Fsp3) is 0.278. The van der Waals surface area contributed by atoms with Crippen LogP contribution in [0.3, 0.4) is 0 Å². The zero-order chi connectivity index (χ0) is 17.7. The summed E-state index contributed by atoms with van der Waals surface area (Å²) in [4.78, 5) is 13.0. The molecule has 24 heavy (non-hydrogen) atoms. The van der Waals surface area contributed by atoms with Crippen molar-refractivity contribution in [2.24, 2.45) is 0 Å². The average molecular weight is 386 g/mol. The molecule has 0 saturated heterocycles. The maximum Gasteiger partial charge on any atom is 0.230 e. The average Bonchev–Trinajstić information content (AvgIpc) is 2.50. The van der Waals surface area contributed by atoms with Crippen LogP contribution < -0.4 is 5.32 Å². The molecule has 128 valence electrons. The van der Waals surface area contributed by atoms with E-state index in [4.69, 9.17) is 23.2 Å². The van der Waals surface area contributed by atoms with Crippen LogP contribution in [0.1, 0.15) is 19.4 Å². The molecule has 0 aromatic heterocycles. The Bertz CT molecular complexity index is 719. The fourth-order valence-corrected chi connectivity index (χ4v) is 3.59. The second-order valence-corrected chi connectivity index (χ2v) is 7.96. The van der Waals surface area contributed by atoms with E-state index < -0.39 is 5.54 Å². The number of amides is 1. The van der Waals surface area contributed by atoms with Gasteiger partial charge in [-0.2, -0.15) is 0 Å². The third-order valence-electron chi connectivity index (χ3n) is 3.29. The minimum Gasteiger partial charge on any atom is -0.350 e. The molecule has 2 aromatic rings. The van der Waals surface area contributed by atoms with Crippen molar-refractivity contribution in [3.8, 4) is 0 Å². The van der Waals surface area contributed by atoms with Gasteiger partial charge in [0.1, 0.15) is 5.82 Å². The molecule has 1 amide bonds. The lowest BCUT2D eigenvalue weighted by Gasteiger charge is -2.26. The van der Waals surface area contributed by atoms with Gasteiger partial charge in [0.2, 0.25) is 5.91 Å². The van der Waals surface area contributed by atoms with Gasteiger partial charge in [0.05, 0.1) is 10.8 Å². The number of benzene rings is 2. The highest BCUT2D eigenvalue weighted by atomic mass is 35.5. The van der Waals surface area contributed by atoms with E-state index >= 15 is 0 Å². The zero-order valence-corrected chi connectivity index (χ0v) is 15.7. The predicted octanol–water partition coefficient (Wildman–Crippen LogP) is 5.36. The second-order valence-electron chi connectivity index (χ2n) is 6.10. The number of halogens is 3. The van der Waals surface area contributed by atoms with E-state index in [1.807, 2.05) is 13.8 Å². The molecule has 0 spiro atoms. The van der Waals surface area contributed by atoms with Crippen molar-refractivity contribution < 1.29 is 9.18 Å². The molecule has 0 atom stereocenters. The molecular weight excluding hydrogens is 368 g/mol. The Kier molecular flexibility index (Phi) is 6.55. The van der Waals surface area contributed by atoms with Crippen molar-refractivity contribution in [2.45, 2.75) is 30.7 Å². The van der Waals surface area contributed by atoms with E-state index in [1.54, 1.807) is 30.3 Å². The summed E-state index contributed by atoms with van der Waals surface area (Å²) in [6.07, 6.45) is 0.613. The predicted molar refractivity (Wildman–Crippen MR) is 99.5 cm³/mol. The van der Waals surface area contributed by atoms with Crippen LogP contribution in [0.15, 0.2) is 47.4 Å². The monoisotopic (exact) mass is 385 g/mol. The highest BCUT2D eigenvalue weighted by molar-refractivity contribution is 8.00. The topological polar surface area (TPSA) is 29.1 Å². The molecule has 0 saturated carbocycles. The highest BCUT2D eigenvalue weighted by Gasteiger charge is 2.21. The number of hydrogen-bond acceptors (Lipinski definition) is 2. The van der Waals surface area contributed by atoms with Crippen LogP contribution in [0, 0.1) is 5.82 Å². The summed E-state index contributed by atoms with van der Waals surface area (Å²) in [5, 5.41) is 4.15. The van der Waals surface area contributed by atoms with Crippen LogP contribution in [0.2, 0.25) is 10.0 Å². The number of hydrogen-bond donors (Lipinski definition) is 1. The van der Waals surface area contributed by atoms with Crippen LogP contribution in [-0.2, 0) is 11.2 Å². The van der Waals surface area contributed by atoms with E-state index in [9.17, 15) is 9.18 Å². The fourth-order valence-electron chi connectivity index (χ4n) is 2.30.